The lowest BCUT2D eigenvalue weighted by molar-refractivity contribution is -0.148. The quantitative estimate of drug-likeness (QED) is 0.0392. The molecule has 47 atom stereocenters. The molecule has 150 heavy (non-hydrogen) atoms. The van der Waals surface area contributed by atoms with Crippen LogP contribution in [0.4, 0.5) is 0 Å². The van der Waals surface area contributed by atoms with Crippen LogP contribution in [-0.2, 0) is 0 Å². The van der Waals surface area contributed by atoms with Crippen LogP contribution in [-0.4, -0.2) is 107 Å². The Morgan fingerprint density at radius 2 is 0.447 bits per heavy atom. The van der Waals surface area contributed by atoms with Crippen LogP contribution < -0.4 is 0 Å². The van der Waals surface area contributed by atoms with Gasteiger partial charge in [0.1, 0.15) is 0 Å². The normalized spacial score (nSPS) is 49.6. The second kappa shape index (κ2) is 43.4. The van der Waals surface area contributed by atoms with Gasteiger partial charge in [0.25, 0.3) is 0 Å². The molecule has 17 saturated carbocycles. The predicted molar refractivity (Wildman–Crippen MR) is 625 cm³/mol. The van der Waals surface area contributed by atoms with Gasteiger partial charge in [-0.3, -0.25) is 0 Å². The molecule has 17 fully saturated rings. The Labute approximate surface area is 920 Å². The predicted octanol–water partition coefficient (Wildman–Crippen LogP) is 33.5. The molecule has 0 radical (unpaired) electrons. The number of aliphatic hydroxyl groups is 10. The van der Waals surface area contributed by atoms with Gasteiger partial charge < -0.3 is 51.1 Å². The summed E-state index contributed by atoms with van der Waals surface area (Å²) in [4.78, 5) is 0. The average Bonchev–Trinajstić information content (AvgIpc) is 1.58. The zero-order chi connectivity index (χ0) is 110. The summed E-state index contributed by atoms with van der Waals surface area (Å²) >= 11 is 0. The van der Waals surface area contributed by atoms with Crippen LogP contribution in [0.2, 0.25) is 0 Å². The smallest absolute Gasteiger partial charge is 0.0797 e. The maximum absolute atomic E-state index is 10.7. The molecule has 20 rings (SSSR count). The molecule has 0 spiro atoms. The van der Waals surface area contributed by atoms with E-state index in [-0.39, 0.29) is 0 Å². The van der Waals surface area contributed by atoms with Crippen molar-refractivity contribution in [2.24, 2.45) is 214 Å². The van der Waals surface area contributed by atoms with Crippen molar-refractivity contribution in [3.63, 3.8) is 0 Å². The Balaban J connectivity index is 0.000000133. The highest BCUT2D eigenvalue weighted by Crippen LogP contribution is 2.76. The minimum Gasteiger partial charge on any atom is -0.390 e. The standard InChI is InChI=1S/2C28H48O2.3C28H46O2/c5*1-7-25(3,29)14-12-19(2)22-10-11-23-21-9-8-20-18-26(4,30)16-17-27(20,5)24(21)13-15-28(22,23)6/h2*7,19-24,29-30H,1,8-18H2,2-6H3;3*7-8,19,21-24,29-30H,1,9-18H2,2-6H3/t19-,20+,21+,22-,23+,24+,25+,26+,27+,28-;19-,20+,21+,22-,23+,24+,25-,26+,27+,28-;19-,21+,22-,23+,24+,25?,26+,27+,28-;19-,21+,22-,23+,24+,25+,26+,27+,28-;19-,21+,22-,23+,24+,25-,26+,27+,28-/m11111/s1. The zero-order valence-electron chi connectivity index (χ0n) is 101. The SMILES string of the molecule is C=CC(C)(O)CC[C@@H](C)[C@H]1CC[C@H]2[C@@H]3CC=C4C[C@@](C)(O)CC[C@]4(C)[C@H]3CC[C@]12C.C=C[C@@](C)(O)CC[C@@H](C)[C@H]1CC[C@H]2[C@@H]3CC=C4C[C@@](C)(O)CC[C@]4(C)[C@H]3CC[C@]12C.C=C[C@@](C)(O)CC[C@@H](C)[C@H]1CC[C@H]2[C@@H]3CC[C@H]4C[C@@](C)(O)CC[C@]4(C)[C@H]3CC[C@]12C.C=C[C@](C)(O)CC[C@@H](C)[C@H]1CC[C@H]2[C@@H]3CC=C4C[C@@](C)(O)CC[C@]4(C)[C@H]3CC[C@]12C.C=C[C@](C)(O)CC[C@@H](C)[C@H]1CC[C@H]2[C@@H]3CC[C@H]4C[C@@](C)(O)CC[C@]4(C)[C@H]3CC[C@]12C. The van der Waals surface area contributed by atoms with E-state index in [2.05, 4.69) is 169 Å². The zero-order valence-corrected chi connectivity index (χ0v) is 101. The first-order chi connectivity index (χ1) is 69.6. The largest absolute Gasteiger partial charge is 0.390 e. The van der Waals surface area contributed by atoms with Crippen molar-refractivity contribution in [2.45, 2.75) is 563 Å². The Kier molecular flexibility index (Phi) is 34.7. The second-order valence-electron chi connectivity index (χ2n) is 64.5. The first-order valence-corrected chi connectivity index (χ1v) is 64.1. The summed E-state index contributed by atoms with van der Waals surface area (Å²) in [7, 11) is 0. The van der Waals surface area contributed by atoms with Gasteiger partial charge in [0.05, 0.1) is 56.0 Å². The van der Waals surface area contributed by atoms with Gasteiger partial charge in [-0.15, -0.1) is 32.9 Å². The molecule has 0 amide bonds. The summed E-state index contributed by atoms with van der Waals surface area (Å²) in [5.41, 5.74) is 2.95. The molecule has 0 aromatic heterocycles. The number of rotatable bonds is 25. The van der Waals surface area contributed by atoms with Gasteiger partial charge in [-0.25, -0.2) is 0 Å². The van der Waals surface area contributed by atoms with Crippen molar-refractivity contribution >= 4 is 0 Å². The fourth-order valence-electron chi connectivity index (χ4n) is 44.3. The van der Waals surface area contributed by atoms with Crippen LogP contribution >= 0.6 is 0 Å². The second-order valence-corrected chi connectivity index (χ2v) is 64.5. The van der Waals surface area contributed by atoms with Gasteiger partial charge in [0.15, 0.2) is 0 Å². The topological polar surface area (TPSA) is 202 Å². The Morgan fingerprint density at radius 3 is 0.667 bits per heavy atom. The van der Waals surface area contributed by atoms with Crippen LogP contribution in [0, 0.1) is 214 Å². The number of fused-ring (bicyclic) bond motifs is 25. The molecule has 0 aliphatic heterocycles. The van der Waals surface area contributed by atoms with Crippen LogP contribution in [0.25, 0.3) is 0 Å². The van der Waals surface area contributed by atoms with E-state index in [0.29, 0.717) is 83.7 Å². The van der Waals surface area contributed by atoms with Crippen molar-refractivity contribution in [1.29, 1.82) is 0 Å². The monoisotopic (exact) mass is 2080 g/mol. The highest BCUT2D eigenvalue weighted by atomic mass is 16.3. The van der Waals surface area contributed by atoms with Crippen molar-refractivity contribution in [1.82, 2.24) is 0 Å². The molecule has 0 saturated heterocycles. The van der Waals surface area contributed by atoms with Gasteiger partial charge >= 0.3 is 0 Å². The Hall–Kier alpha value is -2.48. The van der Waals surface area contributed by atoms with E-state index in [9.17, 15) is 51.1 Å². The third kappa shape index (κ3) is 23.1. The Bertz CT molecular complexity index is 4370. The molecule has 0 aromatic carbocycles. The summed E-state index contributed by atoms with van der Waals surface area (Å²) in [5, 5.41) is 105. The molecule has 0 aromatic rings. The van der Waals surface area contributed by atoms with Gasteiger partial charge in [-0.05, 0) is 617 Å². The molecule has 10 heteroatoms. The lowest BCUT2D eigenvalue weighted by Gasteiger charge is -2.62. The molecule has 10 nitrogen and oxygen atoms in total. The first-order valence-electron chi connectivity index (χ1n) is 64.1. The number of hydrogen-bond donors (Lipinski definition) is 10. The molecule has 854 valence electrons. The fourth-order valence-corrected chi connectivity index (χ4v) is 44.3. The third-order valence-electron chi connectivity index (χ3n) is 54.6. The molecule has 0 heterocycles. The van der Waals surface area contributed by atoms with E-state index in [1.807, 2.05) is 55.4 Å². The van der Waals surface area contributed by atoms with Gasteiger partial charge in [0.2, 0.25) is 0 Å². The van der Waals surface area contributed by atoms with Crippen molar-refractivity contribution < 1.29 is 51.1 Å². The van der Waals surface area contributed by atoms with Gasteiger partial charge in [0, 0.05) is 0 Å². The van der Waals surface area contributed by atoms with Crippen LogP contribution in [0.15, 0.2) is 98.2 Å². The summed E-state index contributed by atoms with van der Waals surface area (Å²) in [5.74, 6) is 21.6. The van der Waals surface area contributed by atoms with Crippen molar-refractivity contribution in [3.8, 4) is 0 Å². The van der Waals surface area contributed by atoms with Gasteiger partial charge in [-0.1, -0.05) is 169 Å². The van der Waals surface area contributed by atoms with Crippen LogP contribution in [0.3, 0.4) is 0 Å². The molecule has 20 aliphatic carbocycles. The minimum absolute atomic E-state index is 0.318. The van der Waals surface area contributed by atoms with E-state index in [1.54, 1.807) is 47.1 Å². The van der Waals surface area contributed by atoms with Crippen molar-refractivity contribution in [2.75, 3.05) is 0 Å². The molecule has 10 N–H and O–H groups in total. The van der Waals surface area contributed by atoms with E-state index in [4.69, 9.17) is 0 Å². The fraction of sp³-hybridized carbons (Fsp3) is 0.886. The maximum Gasteiger partial charge on any atom is 0.0797 e. The molecule has 20 aliphatic rings. The lowest BCUT2D eigenvalue weighted by atomic mass is 9.43. The summed E-state index contributed by atoms with van der Waals surface area (Å²) in [6.45, 7) is 76.9. The average molecular weight is 2080 g/mol. The minimum atomic E-state index is -0.730. The highest BCUT2D eigenvalue weighted by Gasteiger charge is 2.69. The molecule has 1 unspecified atom stereocenters. The summed E-state index contributed by atoms with van der Waals surface area (Å²) in [6, 6.07) is 0. The number of allylic oxidation sites excluding steroid dienone is 3. The molecular formula is C140H234O10. The Morgan fingerprint density at radius 1 is 0.247 bits per heavy atom. The third-order valence-corrected chi connectivity index (χ3v) is 54.6. The van der Waals surface area contributed by atoms with Crippen molar-refractivity contribution in [3.05, 3.63) is 98.2 Å². The highest BCUT2D eigenvalue weighted by molar-refractivity contribution is 5.31. The van der Waals surface area contributed by atoms with E-state index >= 15 is 0 Å². The van der Waals surface area contributed by atoms with Crippen LogP contribution in [0.5, 0.6) is 0 Å². The van der Waals surface area contributed by atoms with E-state index < -0.39 is 56.0 Å². The van der Waals surface area contributed by atoms with E-state index in [0.717, 1.165) is 278 Å². The van der Waals surface area contributed by atoms with Crippen LogP contribution in [0.1, 0.15) is 507 Å². The van der Waals surface area contributed by atoms with E-state index in [1.165, 1.54) is 186 Å². The summed E-state index contributed by atoms with van der Waals surface area (Å²) in [6.07, 6.45) is 78.2. The first kappa shape index (κ1) is 120. The number of hydrogen-bond acceptors (Lipinski definition) is 10. The maximum atomic E-state index is 10.7. The molecular weight excluding hydrogens is 1840 g/mol. The van der Waals surface area contributed by atoms with Gasteiger partial charge in [-0.2, -0.15) is 0 Å². The summed E-state index contributed by atoms with van der Waals surface area (Å²) < 4.78 is 0. The lowest BCUT2D eigenvalue weighted by Crippen LogP contribution is -2.55. The molecule has 0 bridgehead atoms.